The van der Waals surface area contributed by atoms with Crippen molar-refractivity contribution in [1.82, 2.24) is 9.78 Å². The Morgan fingerprint density at radius 3 is 2.79 bits per heavy atom. The standard InChI is InChI=1S/C14H18FN3O/c1-9(2)7-18-8-11(16)14(17-18)13-10(15)5-4-6-12(13)19-3/h4-6,8-9H,7,16H2,1-3H3. The first-order chi connectivity index (χ1) is 9.02. The fourth-order valence-corrected chi connectivity index (χ4v) is 2.00. The third-order valence-corrected chi connectivity index (χ3v) is 2.77. The number of ether oxygens (including phenoxy) is 1. The van der Waals surface area contributed by atoms with Crippen molar-refractivity contribution in [2.45, 2.75) is 20.4 Å². The molecule has 1 aromatic carbocycles. The zero-order chi connectivity index (χ0) is 14.0. The number of aromatic nitrogens is 2. The van der Waals surface area contributed by atoms with E-state index in [9.17, 15) is 4.39 Å². The lowest BCUT2D eigenvalue weighted by Gasteiger charge is -2.08. The smallest absolute Gasteiger partial charge is 0.136 e. The molecule has 2 aromatic rings. The summed E-state index contributed by atoms with van der Waals surface area (Å²) >= 11 is 0. The van der Waals surface area contributed by atoms with Gasteiger partial charge in [-0.15, -0.1) is 0 Å². The highest BCUT2D eigenvalue weighted by Gasteiger charge is 2.18. The molecule has 102 valence electrons. The number of hydrogen-bond acceptors (Lipinski definition) is 3. The Balaban J connectivity index is 2.50. The van der Waals surface area contributed by atoms with Crippen molar-refractivity contribution in [3.05, 3.63) is 30.2 Å². The first-order valence-corrected chi connectivity index (χ1v) is 6.18. The van der Waals surface area contributed by atoms with Crippen LogP contribution in [0.4, 0.5) is 10.1 Å². The average Bonchev–Trinajstić information content (AvgIpc) is 2.68. The molecule has 0 saturated heterocycles. The van der Waals surface area contributed by atoms with Gasteiger partial charge >= 0.3 is 0 Å². The third kappa shape index (κ3) is 2.70. The van der Waals surface area contributed by atoms with Crippen LogP contribution in [0.15, 0.2) is 24.4 Å². The molecule has 1 heterocycles. The second-order valence-corrected chi connectivity index (χ2v) is 4.87. The number of anilines is 1. The van der Waals surface area contributed by atoms with Crippen LogP contribution < -0.4 is 10.5 Å². The van der Waals surface area contributed by atoms with Gasteiger partial charge in [0.2, 0.25) is 0 Å². The maximum absolute atomic E-state index is 14.0. The van der Waals surface area contributed by atoms with Gasteiger partial charge in [0, 0.05) is 12.7 Å². The monoisotopic (exact) mass is 263 g/mol. The predicted molar refractivity (Wildman–Crippen MR) is 73.4 cm³/mol. The van der Waals surface area contributed by atoms with Crippen LogP contribution in [0.5, 0.6) is 5.75 Å². The summed E-state index contributed by atoms with van der Waals surface area (Å²) in [6.45, 7) is 4.91. The number of methoxy groups -OCH3 is 1. The molecule has 0 spiro atoms. The molecule has 19 heavy (non-hydrogen) atoms. The Morgan fingerprint density at radius 1 is 1.42 bits per heavy atom. The van der Waals surface area contributed by atoms with Crippen molar-refractivity contribution in [1.29, 1.82) is 0 Å². The molecule has 0 aliphatic carbocycles. The first-order valence-electron chi connectivity index (χ1n) is 6.18. The number of rotatable bonds is 4. The Bertz CT molecular complexity index is 578. The molecule has 0 unspecified atom stereocenters. The maximum atomic E-state index is 14.0. The van der Waals surface area contributed by atoms with Gasteiger partial charge in [0.25, 0.3) is 0 Å². The van der Waals surface area contributed by atoms with Crippen molar-refractivity contribution in [3.8, 4) is 17.0 Å². The van der Waals surface area contributed by atoms with E-state index in [0.29, 0.717) is 28.6 Å². The number of nitrogens with two attached hydrogens (primary N) is 1. The molecule has 2 rings (SSSR count). The summed E-state index contributed by atoms with van der Waals surface area (Å²) in [5, 5.41) is 4.36. The average molecular weight is 263 g/mol. The van der Waals surface area contributed by atoms with Crippen molar-refractivity contribution < 1.29 is 9.13 Å². The zero-order valence-corrected chi connectivity index (χ0v) is 11.4. The summed E-state index contributed by atoms with van der Waals surface area (Å²) in [6, 6.07) is 4.66. The van der Waals surface area contributed by atoms with E-state index in [2.05, 4.69) is 18.9 Å². The van der Waals surface area contributed by atoms with Crippen LogP contribution in [0.1, 0.15) is 13.8 Å². The van der Waals surface area contributed by atoms with Gasteiger partial charge in [0.15, 0.2) is 0 Å². The SMILES string of the molecule is COc1cccc(F)c1-c1nn(CC(C)C)cc1N. The van der Waals surface area contributed by atoms with Crippen LogP contribution in [0.25, 0.3) is 11.3 Å². The minimum absolute atomic E-state index is 0.310. The molecule has 2 N–H and O–H groups in total. The number of halogens is 1. The molecule has 0 saturated carbocycles. The molecule has 0 bridgehead atoms. The van der Waals surface area contributed by atoms with Gasteiger partial charge in [0.05, 0.1) is 18.4 Å². The fourth-order valence-electron chi connectivity index (χ4n) is 2.00. The second-order valence-electron chi connectivity index (χ2n) is 4.87. The molecule has 0 radical (unpaired) electrons. The number of benzene rings is 1. The van der Waals surface area contributed by atoms with E-state index in [1.165, 1.54) is 13.2 Å². The summed E-state index contributed by atoms with van der Waals surface area (Å²) in [5.74, 6) is 0.483. The van der Waals surface area contributed by atoms with Crippen molar-refractivity contribution >= 4 is 5.69 Å². The highest BCUT2D eigenvalue weighted by atomic mass is 19.1. The highest BCUT2D eigenvalue weighted by Crippen LogP contribution is 2.34. The molecule has 0 fully saturated rings. The summed E-state index contributed by atoms with van der Waals surface area (Å²) in [4.78, 5) is 0. The first kappa shape index (κ1) is 13.4. The summed E-state index contributed by atoms with van der Waals surface area (Å²) in [5.41, 5.74) is 7.12. The molecule has 0 aliphatic rings. The van der Waals surface area contributed by atoms with E-state index < -0.39 is 0 Å². The summed E-state index contributed by atoms with van der Waals surface area (Å²) in [6.07, 6.45) is 1.72. The summed E-state index contributed by atoms with van der Waals surface area (Å²) < 4.78 is 20.9. The normalized spacial score (nSPS) is 11.0. The van der Waals surface area contributed by atoms with Crippen LogP contribution >= 0.6 is 0 Å². The second kappa shape index (κ2) is 5.30. The summed E-state index contributed by atoms with van der Waals surface area (Å²) in [7, 11) is 1.50. The quantitative estimate of drug-likeness (QED) is 0.922. The van der Waals surface area contributed by atoms with E-state index in [-0.39, 0.29) is 5.82 Å². The molecule has 0 atom stereocenters. The largest absolute Gasteiger partial charge is 0.496 e. The van der Waals surface area contributed by atoms with Gasteiger partial charge < -0.3 is 10.5 Å². The van der Waals surface area contributed by atoms with E-state index in [1.54, 1.807) is 23.0 Å². The lowest BCUT2D eigenvalue weighted by molar-refractivity contribution is 0.413. The van der Waals surface area contributed by atoms with Gasteiger partial charge in [-0.2, -0.15) is 5.10 Å². The van der Waals surface area contributed by atoms with Crippen molar-refractivity contribution in [3.63, 3.8) is 0 Å². The van der Waals surface area contributed by atoms with Gasteiger partial charge in [0.1, 0.15) is 17.3 Å². The number of hydrogen-bond donors (Lipinski definition) is 1. The Hall–Kier alpha value is -2.04. The van der Waals surface area contributed by atoms with Gasteiger partial charge in [-0.1, -0.05) is 19.9 Å². The Kier molecular flexibility index (Phi) is 3.74. The van der Waals surface area contributed by atoms with Crippen LogP contribution in [0.2, 0.25) is 0 Å². The zero-order valence-electron chi connectivity index (χ0n) is 11.4. The fraction of sp³-hybridized carbons (Fsp3) is 0.357. The maximum Gasteiger partial charge on any atom is 0.136 e. The molecule has 4 nitrogen and oxygen atoms in total. The van der Waals surface area contributed by atoms with E-state index in [1.807, 2.05) is 0 Å². The van der Waals surface area contributed by atoms with Gasteiger partial charge in [-0.05, 0) is 18.1 Å². The molecule has 1 aromatic heterocycles. The van der Waals surface area contributed by atoms with Gasteiger partial charge in [-0.25, -0.2) is 4.39 Å². The van der Waals surface area contributed by atoms with Crippen molar-refractivity contribution in [2.24, 2.45) is 5.92 Å². The molecule has 0 amide bonds. The van der Waals surface area contributed by atoms with E-state index in [4.69, 9.17) is 10.5 Å². The lowest BCUT2D eigenvalue weighted by atomic mass is 10.1. The Morgan fingerprint density at radius 2 is 2.16 bits per heavy atom. The lowest BCUT2D eigenvalue weighted by Crippen LogP contribution is -2.05. The molecule has 5 heteroatoms. The highest BCUT2D eigenvalue weighted by molar-refractivity contribution is 5.77. The molecular formula is C14H18FN3O. The minimum Gasteiger partial charge on any atom is -0.496 e. The van der Waals surface area contributed by atoms with Crippen LogP contribution in [-0.2, 0) is 6.54 Å². The number of nitrogens with zero attached hydrogens (tertiary/aromatic N) is 2. The third-order valence-electron chi connectivity index (χ3n) is 2.77. The van der Waals surface area contributed by atoms with Gasteiger partial charge in [-0.3, -0.25) is 4.68 Å². The number of nitrogen functional groups attached to an aromatic ring is 1. The topological polar surface area (TPSA) is 53.1 Å². The minimum atomic E-state index is -0.388. The molecule has 0 aliphatic heterocycles. The molecular weight excluding hydrogens is 245 g/mol. The van der Waals surface area contributed by atoms with E-state index >= 15 is 0 Å². The van der Waals surface area contributed by atoms with Crippen LogP contribution in [-0.4, -0.2) is 16.9 Å². The van der Waals surface area contributed by atoms with Crippen LogP contribution in [0, 0.1) is 11.7 Å². The van der Waals surface area contributed by atoms with E-state index in [0.717, 1.165) is 6.54 Å². The predicted octanol–water partition coefficient (Wildman–Crippen LogP) is 2.94. The van der Waals surface area contributed by atoms with Crippen molar-refractivity contribution in [2.75, 3.05) is 12.8 Å². The van der Waals surface area contributed by atoms with Crippen LogP contribution in [0.3, 0.4) is 0 Å². The Labute approximate surface area is 112 Å².